The van der Waals surface area contributed by atoms with Crippen LogP contribution >= 0.6 is 23.8 Å². The summed E-state index contributed by atoms with van der Waals surface area (Å²) < 4.78 is 35.7. The number of rotatable bonds is 7. The molecule has 162 valence electrons. The van der Waals surface area contributed by atoms with Gasteiger partial charge >= 0.3 is 0 Å². The molecular formula is C20H17ClF2N4O3S. The normalized spacial score (nSPS) is 10.7. The monoisotopic (exact) mass is 466 g/mol. The standard InChI is InChI=1S/C20H17ClF2N4O3S/c1-29-17-8-15-11(7-12(17)19(24)28)16(4-5-25-15)30-10-2-3-14(13(21)6-10)27-20(31)26-9-18(22)23/h2-8,18H,9H2,1H3,(H2,24,28)(H2,26,27,31). The van der Waals surface area contributed by atoms with Crippen LogP contribution < -0.4 is 25.8 Å². The Morgan fingerprint density at radius 1 is 1.26 bits per heavy atom. The minimum absolute atomic E-state index is 0.0175. The van der Waals surface area contributed by atoms with Crippen LogP contribution in [0.15, 0.2) is 42.6 Å². The highest BCUT2D eigenvalue weighted by atomic mass is 35.5. The molecule has 0 bridgehead atoms. The predicted octanol–water partition coefficient (Wildman–Crippen LogP) is 4.34. The average Bonchev–Trinajstić information content (AvgIpc) is 2.73. The van der Waals surface area contributed by atoms with E-state index in [4.69, 9.17) is 39.0 Å². The topological polar surface area (TPSA) is 98.5 Å². The van der Waals surface area contributed by atoms with Crippen molar-refractivity contribution in [1.29, 1.82) is 0 Å². The molecule has 0 fully saturated rings. The number of primary amides is 1. The number of aromatic nitrogens is 1. The molecule has 1 heterocycles. The van der Waals surface area contributed by atoms with E-state index in [1.165, 1.54) is 13.2 Å². The van der Waals surface area contributed by atoms with Crippen LogP contribution in [0.2, 0.25) is 5.02 Å². The number of anilines is 1. The molecule has 0 aliphatic rings. The molecule has 0 atom stereocenters. The first kappa shape index (κ1) is 22.4. The third kappa shape index (κ3) is 5.47. The van der Waals surface area contributed by atoms with Gasteiger partial charge in [0.25, 0.3) is 12.3 Å². The van der Waals surface area contributed by atoms with Gasteiger partial charge in [-0.15, -0.1) is 0 Å². The Bertz CT molecular complexity index is 1150. The maximum absolute atomic E-state index is 12.3. The summed E-state index contributed by atoms with van der Waals surface area (Å²) in [5, 5.41) is 5.95. The summed E-state index contributed by atoms with van der Waals surface area (Å²) in [6.45, 7) is -0.572. The zero-order chi connectivity index (χ0) is 22.5. The number of hydrogen-bond donors (Lipinski definition) is 3. The minimum atomic E-state index is -2.53. The van der Waals surface area contributed by atoms with Gasteiger partial charge in [-0.1, -0.05) is 11.6 Å². The fourth-order valence-electron chi connectivity index (χ4n) is 2.72. The largest absolute Gasteiger partial charge is 0.496 e. The zero-order valence-electron chi connectivity index (χ0n) is 16.1. The van der Waals surface area contributed by atoms with E-state index in [9.17, 15) is 13.6 Å². The molecule has 0 saturated heterocycles. The molecule has 3 aromatic rings. The number of benzene rings is 2. The van der Waals surface area contributed by atoms with Crippen molar-refractivity contribution >= 4 is 51.4 Å². The second-order valence-corrected chi connectivity index (χ2v) is 7.03. The molecule has 3 rings (SSSR count). The molecule has 0 spiro atoms. The molecule has 0 saturated carbocycles. The van der Waals surface area contributed by atoms with Gasteiger partial charge in [-0.25, -0.2) is 8.78 Å². The van der Waals surface area contributed by atoms with Crippen molar-refractivity contribution in [3.8, 4) is 17.2 Å². The number of pyridine rings is 1. The highest BCUT2D eigenvalue weighted by Crippen LogP contribution is 2.35. The Hall–Kier alpha value is -3.24. The van der Waals surface area contributed by atoms with Gasteiger partial charge in [-0.05, 0) is 36.5 Å². The Morgan fingerprint density at radius 2 is 2.03 bits per heavy atom. The van der Waals surface area contributed by atoms with Crippen molar-refractivity contribution in [3.05, 3.63) is 53.2 Å². The van der Waals surface area contributed by atoms with Crippen molar-refractivity contribution in [2.75, 3.05) is 19.0 Å². The number of ether oxygens (including phenoxy) is 2. The van der Waals surface area contributed by atoms with Gasteiger partial charge in [-0.3, -0.25) is 9.78 Å². The highest BCUT2D eigenvalue weighted by Gasteiger charge is 2.15. The van der Waals surface area contributed by atoms with Crippen LogP contribution in [0.1, 0.15) is 10.4 Å². The number of fused-ring (bicyclic) bond motifs is 1. The van der Waals surface area contributed by atoms with E-state index in [-0.39, 0.29) is 15.7 Å². The van der Waals surface area contributed by atoms with Crippen LogP contribution in [-0.4, -0.2) is 36.1 Å². The second kappa shape index (κ2) is 9.71. The van der Waals surface area contributed by atoms with Crippen molar-refractivity contribution in [2.45, 2.75) is 6.43 Å². The first-order valence-corrected chi connectivity index (χ1v) is 9.64. The van der Waals surface area contributed by atoms with Gasteiger partial charge in [-0.2, -0.15) is 0 Å². The van der Waals surface area contributed by atoms with E-state index in [0.717, 1.165) is 0 Å². The summed E-state index contributed by atoms with van der Waals surface area (Å²) in [6, 6.07) is 9.51. The highest BCUT2D eigenvalue weighted by molar-refractivity contribution is 7.80. The van der Waals surface area contributed by atoms with E-state index in [1.807, 2.05) is 0 Å². The first-order chi connectivity index (χ1) is 14.8. The van der Waals surface area contributed by atoms with Crippen LogP contribution in [0, 0.1) is 0 Å². The van der Waals surface area contributed by atoms with Gasteiger partial charge in [0.2, 0.25) is 0 Å². The number of methoxy groups -OCH3 is 1. The van der Waals surface area contributed by atoms with Gasteiger partial charge < -0.3 is 25.8 Å². The summed E-state index contributed by atoms with van der Waals surface area (Å²) >= 11 is 11.2. The number of hydrogen-bond acceptors (Lipinski definition) is 5. The fourth-order valence-corrected chi connectivity index (χ4v) is 3.13. The number of nitrogens with two attached hydrogens (primary N) is 1. The number of nitrogens with zero attached hydrogens (tertiary/aromatic N) is 1. The van der Waals surface area contributed by atoms with Crippen molar-refractivity contribution in [1.82, 2.24) is 10.3 Å². The smallest absolute Gasteiger partial charge is 0.255 e. The molecule has 1 aromatic heterocycles. The first-order valence-electron chi connectivity index (χ1n) is 8.85. The lowest BCUT2D eigenvalue weighted by molar-refractivity contribution is 0.0997. The SMILES string of the molecule is COc1cc2nccc(Oc3ccc(NC(=S)NCC(F)F)c(Cl)c3)c2cc1C(N)=O. The van der Waals surface area contributed by atoms with Crippen molar-refractivity contribution in [3.63, 3.8) is 0 Å². The van der Waals surface area contributed by atoms with Crippen LogP contribution in [0.5, 0.6) is 17.2 Å². The maximum Gasteiger partial charge on any atom is 0.255 e. The summed E-state index contributed by atoms with van der Waals surface area (Å²) in [7, 11) is 1.43. The number of halogens is 3. The molecule has 7 nitrogen and oxygen atoms in total. The van der Waals surface area contributed by atoms with E-state index in [2.05, 4.69) is 15.6 Å². The zero-order valence-corrected chi connectivity index (χ0v) is 17.7. The van der Waals surface area contributed by atoms with Gasteiger partial charge in [0.15, 0.2) is 5.11 Å². The number of thiocarbonyl (C=S) groups is 1. The van der Waals surface area contributed by atoms with Crippen molar-refractivity contribution < 1.29 is 23.0 Å². The quantitative estimate of drug-likeness (QED) is 0.445. The Labute approximate surface area is 186 Å². The van der Waals surface area contributed by atoms with E-state index >= 15 is 0 Å². The van der Waals surface area contributed by atoms with E-state index < -0.39 is 18.9 Å². The molecule has 0 radical (unpaired) electrons. The minimum Gasteiger partial charge on any atom is -0.496 e. The summed E-state index contributed by atoms with van der Waals surface area (Å²) in [6.07, 6.45) is -0.984. The third-order valence-electron chi connectivity index (χ3n) is 4.12. The van der Waals surface area contributed by atoms with Crippen LogP contribution in [0.25, 0.3) is 10.9 Å². The lowest BCUT2D eigenvalue weighted by Gasteiger charge is -2.14. The number of nitrogens with one attached hydrogen (secondary N) is 2. The molecule has 2 aromatic carbocycles. The van der Waals surface area contributed by atoms with Gasteiger partial charge in [0.1, 0.15) is 17.2 Å². The Kier molecular flexibility index (Phi) is 7.03. The predicted molar refractivity (Wildman–Crippen MR) is 119 cm³/mol. The number of carbonyl (C=O) groups is 1. The van der Waals surface area contributed by atoms with E-state index in [1.54, 1.807) is 36.5 Å². The number of amides is 1. The summed E-state index contributed by atoms with van der Waals surface area (Å²) in [4.78, 5) is 16.0. The number of alkyl halides is 2. The summed E-state index contributed by atoms with van der Waals surface area (Å²) in [5.41, 5.74) is 6.58. The van der Waals surface area contributed by atoms with Gasteiger partial charge in [0.05, 0.1) is 35.4 Å². The van der Waals surface area contributed by atoms with Crippen molar-refractivity contribution in [2.24, 2.45) is 5.73 Å². The molecular weight excluding hydrogens is 450 g/mol. The Balaban J connectivity index is 1.85. The fraction of sp³-hybridized carbons (Fsp3) is 0.150. The lowest BCUT2D eigenvalue weighted by atomic mass is 10.1. The Morgan fingerprint density at radius 3 is 2.68 bits per heavy atom. The van der Waals surface area contributed by atoms with E-state index in [0.29, 0.717) is 33.8 Å². The molecule has 0 aliphatic carbocycles. The van der Waals surface area contributed by atoms with Crippen LogP contribution in [-0.2, 0) is 0 Å². The van der Waals surface area contributed by atoms with Gasteiger partial charge in [0, 0.05) is 23.7 Å². The van der Waals surface area contributed by atoms with Crippen LogP contribution in [0.3, 0.4) is 0 Å². The number of carbonyl (C=O) groups excluding carboxylic acids is 1. The molecule has 1 amide bonds. The molecule has 0 aliphatic heterocycles. The average molecular weight is 467 g/mol. The second-order valence-electron chi connectivity index (χ2n) is 6.21. The third-order valence-corrected chi connectivity index (χ3v) is 4.68. The molecule has 31 heavy (non-hydrogen) atoms. The molecule has 4 N–H and O–H groups in total. The maximum atomic E-state index is 12.3. The molecule has 11 heteroatoms. The summed E-state index contributed by atoms with van der Waals surface area (Å²) in [5.74, 6) is 0.468. The lowest BCUT2D eigenvalue weighted by Crippen LogP contribution is -2.32. The molecule has 0 unspecified atom stereocenters. The van der Waals surface area contributed by atoms with Crippen LogP contribution in [0.4, 0.5) is 14.5 Å².